The van der Waals surface area contributed by atoms with Gasteiger partial charge in [0.15, 0.2) is 11.2 Å². The summed E-state index contributed by atoms with van der Waals surface area (Å²) in [7, 11) is 0. The summed E-state index contributed by atoms with van der Waals surface area (Å²) in [5.74, 6) is -0.269. The number of amidine groups is 1. The number of anilines is 1. The Morgan fingerprint density at radius 3 is 3.21 bits per heavy atom. The van der Waals surface area contributed by atoms with Crippen molar-refractivity contribution in [2.24, 2.45) is 4.99 Å². The Morgan fingerprint density at radius 2 is 2.47 bits per heavy atom. The molecule has 0 spiro atoms. The predicted molar refractivity (Wildman–Crippen MR) is 80.2 cm³/mol. The Kier molecular flexibility index (Phi) is 3.49. The molecular weight excluding hydrogens is 352 g/mol. The van der Waals surface area contributed by atoms with Gasteiger partial charge in [-0.1, -0.05) is 11.6 Å². The van der Waals surface area contributed by atoms with Crippen molar-refractivity contribution in [2.75, 3.05) is 18.1 Å². The molecule has 7 heteroatoms. The third-order valence-corrected chi connectivity index (χ3v) is 5.44. The Morgan fingerprint density at radius 1 is 1.68 bits per heavy atom. The van der Waals surface area contributed by atoms with Crippen molar-refractivity contribution in [1.29, 1.82) is 0 Å². The zero-order chi connectivity index (χ0) is 13.6. The number of benzene rings is 1. The first kappa shape index (κ1) is 13.3. The van der Waals surface area contributed by atoms with Crippen LogP contribution in [0.1, 0.15) is 6.92 Å². The maximum atomic E-state index is 11.7. The molecule has 0 fully saturated rings. The number of ether oxygens (including phenoxy) is 1. The summed E-state index contributed by atoms with van der Waals surface area (Å²) in [6, 6.07) is 3.45. The fraction of sp³-hybridized carbons (Fsp3) is 0.333. The molecule has 0 bridgehead atoms. The average Bonchev–Trinajstić information content (AvgIpc) is 2.92. The van der Waals surface area contributed by atoms with Gasteiger partial charge in [0.05, 0.1) is 28.8 Å². The van der Waals surface area contributed by atoms with Crippen LogP contribution in [0.15, 0.2) is 26.5 Å². The molecule has 0 amide bonds. The van der Waals surface area contributed by atoms with Gasteiger partial charge in [0.2, 0.25) is 0 Å². The number of carbonyl (C=O) groups is 1. The van der Waals surface area contributed by atoms with Crippen molar-refractivity contribution in [1.82, 2.24) is 0 Å². The van der Waals surface area contributed by atoms with Gasteiger partial charge in [0.1, 0.15) is 0 Å². The number of carbonyl (C=O) groups excluding carboxylic acids is 1. The lowest BCUT2D eigenvalue weighted by Gasteiger charge is -2.14. The minimum atomic E-state index is -0.432. The van der Waals surface area contributed by atoms with E-state index >= 15 is 0 Å². The van der Waals surface area contributed by atoms with Gasteiger partial charge in [0.25, 0.3) is 0 Å². The van der Waals surface area contributed by atoms with E-state index in [2.05, 4.69) is 20.9 Å². The Balaban J connectivity index is 1.89. The normalized spacial score (nSPS) is 20.1. The van der Waals surface area contributed by atoms with Crippen LogP contribution in [0, 0.1) is 0 Å². The second-order valence-corrected chi connectivity index (χ2v) is 6.31. The monoisotopic (exact) mass is 360 g/mol. The summed E-state index contributed by atoms with van der Waals surface area (Å²) in [4.78, 5) is 19.1. The summed E-state index contributed by atoms with van der Waals surface area (Å²) in [6.45, 7) is 2.69. The van der Waals surface area contributed by atoms with E-state index in [4.69, 9.17) is 16.3 Å². The number of hydrogen-bond donors (Lipinski definition) is 0. The molecule has 0 saturated heterocycles. The molecule has 0 aromatic heterocycles. The van der Waals surface area contributed by atoms with Gasteiger partial charge >= 0.3 is 5.97 Å². The van der Waals surface area contributed by atoms with E-state index in [0.29, 0.717) is 18.2 Å². The maximum Gasteiger partial charge on any atom is 0.332 e. The van der Waals surface area contributed by atoms with E-state index in [1.165, 1.54) is 11.8 Å². The van der Waals surface area contributed by atoms with Crippen LogP contribution in [0.25, 0.3) is 0 Å². The van der Waals surface area contributed by atoms with Crippen molar-refractivity contribution in [3.8, 4) is 0 Å². The summed E-state index contributed by atoms with van der Waals surface area (Å²) < 4.78 is 5.87. The molecule has 2 heterocycles. The third-order valence-electron chi connectivity index (χ3n) is 2.92. The van der Waals surface area contributed by atoms with Crippen LogP contribution in [0.3, 0.4) is 0 Å². The lowest BCUT2D eigenvalue weighted by Crippen LogP contribution is -2.30. The van der Waals surface area contributed by atoms with Crippen LogP contribution in [0.4, 0.5) is 5.69 Å². The van der Waals surface area contributed by atoms with E-state index in [1.54, 1.807) is 6.92 Å². The number of esters is 1. The number of nitrogens with zero attached hydrogens (tertiary/aromatic N) is 2. The fourth-order valence-electron chi connectivity index (χ4n) is 2.07. The maximum absolute atomic E-state index is 11.7. The molecule has 2 aliphatic rings. The highest BCUT2D eigenvalue weighted by Gasteiger charge is 2.38. The molecule has 1 atom stereocenters. The van der Waals surface area contributed by atoms with E-state index in [-0.39, 0.29) is 5.97 Å². The second kappa shape index (κ2) is 5.00. The van der Waals surface area contributed by atoms with Gasteiger partial charge in [-0.25, -0.2) is 9.79 Å². The van der Waals surface area contributed by atoms with Gasteiger partial charge in [-0.05, 0) is 46.7 Å². The van der Waals surface area contributed by atoms with Gasteiger partial charge in [-0.3, -0.25) is 0 Å². The van der Waals surface area contributed by atoms with E-state index < -0.39 is 6.04 Å². The SMILES string of the molecule is CCOC(=O)C1CN2C(=N1)Sc1c2ccc(Br)c1Cl. The summed E-state index contributed by atoms with van der Waals surface area (Å²) >= 11 is 11.2. The highest BCUT2D eigenvalue weighted by Crippen LogP contribution is 2.48. The fourth-order valence-corrected chi connectivity index (χ4v) is 3.93. The number of fused-ring (bicyclic) bond motifs is 3. The molecule has 1 aromatic rings. The molecule has 0 aliphatic carbocycles. The van der Waals surface area contributed by atoms with E-state index in [9.17, 15) is 4.79 Å². The van der Waals surface area contributed by atoms with Crippen LogP contribution in [0.5, 0.6) is 0 Å². The second-order valence-electron chi connectivity index (χ2n) is 4.10. The number of halogens is 2. The highest BCUT2D eigenvalue weighted by atomic mass is 79.9. The minimum Gasteiger partial charge on any atom is -0.464 e. The Hall–Kier alpha value is -0.720. The van der Waals surface area contributed by atoms with Crippen LogP contribution < -0.4 is 4.90 Å². The molecular formula is C12H10BrClN2O2S. The standard InChI is InChI=1S/C12H10BrClN2O2S/c1-2-18-11(17)7-5-16-8-4-3-6(13)9(14)10(8)19-12(16)15-7/h3-4,7H,2,5H2,1H3. The molecule has 1 unspecified atom stereocenters. The first-order valence-electron chi connectivity index (χ1n) is 5.79. The van der Waals surface area contributed by atoms with Crippen molar-refractivity contribution in [3.05, 3.63) is 21.6 Å². The first-order valence-corrected chi connectivity index (χ1v) is 7.78. The summed E-state index contributed by atoms with van der Waals surface area (Å²) in [6.07, 6.45) is 0. The van der Waals surface area contributed by atoms with E-state index in [1.807, 2.05) is 17.0 Å². The van der Waals surface area contributed by atoms with Crippen molar-refractivity contribution in [3.63, 3.8) is 0 Å². The number of rotatable bonds is 2. The van der Waals surface area contributed by atoms with Crippen molar-refractivity contribution < 1.29 is 9.53 Å². The smallest absolute Gasteiger partial charge is 0.332 e. The van der Waals surface area contributed by atoms with Gasteiger partial charge in [-0.2, -0.15) is 0 Å². The molecule has 3 rings (SSSR count). The number of hydrogen-bond acceptors (Lipinski definition) is 5. The number of aliphatic imine (C=N–C) groups is 1. The average molecular weight is 362 g/mol. The molecule has 4 nitrogen and oxygen atoms in total. The first-order chi connectivity index (χ1) is 9.11. The van der Waals surface area contributed by atoms with Crippen LogP contribution >= 0.6 is 39.3 Å². The van der Waals surface area contributed by atoms with Crippen molar-refractivity contribution in [2.45, 2.75) is 17.9 Å². The quantitative estimate of drug-likeness (QED) is 0.758. The summed E-state index contributed by atoms with van der Waals surface area (Å²) in [5.41, 5.74) is 1.00. The molecule has 100 valence electrons. The lowest BCUT2D eigenvalue weighted by atomic mass is 10.2. The largest absolute Gasteiger partial charge is 0.464 e. The highest BCUT2D eigenvalue weighted by molar-refractivity contribution is 9.10. The summed E-state index contributed by atoms with van der Waals surface area (Å²) in [5, 5.41) is 1.50. The zero-order valence-electron chi connectivity index (χ0n) is 10.0. The molecule has 0 radical (unpaired) electrons. The third kappa shape index (κ3) is 2.15. The lowest BCUT2D eigenvalue weighted by molar-refractivity contribution is -0.144. The predicted octanol–water partition coefficient (Wildman–Crippen LogP) is 3.32. The van der Waals surface area contributed by atoms with Gasteiger partial charge in [0, 0.05) is 4.47 Å². The topological polar surface area (TPSA) is 41.9 Å². The van der Waals surface area contributed by atoms with E-state index in [0.717, 1.165) is 20.2 Å². The van der Waals surface area contributed by atoms with Gasteiger partial charge in [-0.15, -0.1) is 0 Å². The van der Waals surface area contributed by atoms with Crippen LogP contribution in [-0.4, -0.2) is 30.3 Å². The van der Waals surface area contributed by atoms with Crippen molar-refractivity contribution >= 4 is 56.1 Å². The van der Waals surface area contributed by atoms with Gasteiger partial charge < -0.3 is 9.64 Å². The van der Waals surface area contributed by atoms with Crippen LogP contribution in [0.2, 0.25) is 5.02 Å². The van der Waals surface area contributed by atoms with Crippen LogP contribution in [-0.2, 0) is 9.53 Å². The molecule has 0 N–H and O–H groups in total. The molecule has 2 aliphatic heterocycles. The molecule has 1 aromatic carbocycles. The minimum absolute atomic E-state index is 0.269. The Labute approximate surface area is 128 Å². The molecule has 0 saturated carbocycles. The Bertz CT molecular complexity index is 593. The number of thioether (sulfide) groups is 1. The molecule has 19 heavy (non-hydrogen) atoms. The zero-order valence-corrected chi connectivity index (χ0v) is 13.2.